The highest BCUT2D eigenvalue weighted by molar-refractivity contribution is 7.93. The first kappa shape index (κ1) is 18.5. The summed E-state index contributed by atoms with van der Waals surface area (Å²) >= 11 is 11.8. The van der Waals surface area contributed by atoms with E-state index in [0.717, 1.165) is 0 Å². The van der Waals surface area contributed by atoms with E-state index >= 15 is 0 Å². The number of hydrogen-bond donors (Lipinski definition) is 3. The number of aliphatic carboxylic acids is 1. The molecule has 0 heterocycles. The third-order valence-electron chi connectivity index (χ3n) is 3.17. The fourth-order valence-corrected chi connectivity index (χ4v) is 4.20. The van der Waals surface area contributed by atoms with Gasteiger partial charge in [0.1, 0.15) is 10.9 Å². The molecule has 0 saturated heterocycles. The monoisotopic (exact) mass is 388 g/mol. The van der Waals surface area contributed by atoms with Crippen molar-refractivity contribution in [3.05, 3.63) is 58.1 Å². The van der Waals surface area contributed by atoms with Gasteiger partial charge in [0, 0.05) is 5.69 Å². The van der Waals surface area contributed by atoms with Crippen molar-refractivity contribution in [2.75, 3.05) is 4.72 Å². The first-order valence-electron chi connectivity index (χ1n) is 6.75. The average molecular weight is 389 g/mol. The minimum absolute atomic E-state index is 0.0130. The van der Waals surface area contributed by atoms with Crippen LogP contribution in [-0.2, 0) is 21.2 Å². The Morgan fingerprint density at radius 1 is 1.12 bits per heavy atom. The zero-order chi connectivity index (χ0) is 17.9. The molecule has 6 nitrogen and oxygen atoms in total. The summed E-state index contributed by atoms with van der Waals surface area (Å²) in [6, 6.07) is 9.58. The lowest BCUT2D eigenvalue weighted by Gasteiger charge is -2.12. The van der Waals surface area contributed by atoms with Gasteiger partial charge in [-0.25, -0.2) is 8.42 Å². The van der Waals surface area contributed by atoms with Crippen molar-refractivity contribution in [1.82, 2.24) is 0 Å². The van der Waals surface area contributed by atoms with Gasteiger partial charge < -0.3 is 10.8 Å². The summed E-state index contributed by atoms with van der Waals surface area (Å²) in [7, 11) is -3.96. The predicted octanol–water partition coefficient (Wildman–Crippen LogP) is 2.75. The molecule has 2 aromatic rings. The Labute approximate surface area is 149 Å². The number of sulfonamides is 1. The number of halogens is 2. The molecular formula is C15H14Cl2N2O4S. The number of carbonyl (C=O) groups is 1. The van der Waals surface area contributed by atoms with Gasteiger partial charge in [-0.05, 0) is 36.2 Å². The smallest absolute Gasteiger partial charge is 0.320 e. The fourth-order valence-electron chi connectivity index (χ4n) is 2.00. The number of hydrogen-bond acceptors (Lipinski definition) is 4. The van der Waals surface area contributed by atoms with E-state index in [2.05, 4.69) is 4.72 Å². The molecule has 0 unspecified atom stereocenters. The maximum absolute atomic E-state index is 12.4. The van der Waals surface area contributed by atoms with E-state index in [1.54, 1.807) is 18.2 Å². The van der Waals surface area contributed by atoms with Crippen molar-refractivity contribution in [2.45, 2.75) is 17.4 Å². The van der Waals surface area contributed by atoms with E-state index in [9.17, 15) is 13.2 Å². The van der Waals surface area contributed by atoms with Crippen LogP contribution in [0.3, 0.4) is 0 Å². The molecule has 4 N–H and O–H groups in total. The molecule has 0 bridgehead atoms. The summed E-state index contributed by atoms with van der Waals surface area (Å²) in [5, 5.41) is 8.81. The highest BCUT2D eigenvalue weighted by Gasteiger charge is 2.21. The summed E-state index contributed by atoms with van der Waals surface area (Å²) in [5.74, 6) is -1.10. The van der Waals surface area contributed by atoms with Crippen LogP contribution in [0.25, 0.3) is 0 Å². The van der Waals surface area contributed by atoms with Crippen molar-refractivity contribution in [3.63, 3.8) is 0 Å². The van der Waals surface area contributed by atoms with Gasteiger partial charge in [-0.15, -0.1) is 0 Å². The van der Waals surface area contributed by atoms with E-state index < -0.39 is 22.0 Å². The Hall–Kier alpha value is -1.80. The summed E-state index contributed by atoms with van der Waals surface area (Å²) < 4.78 is 27.2. The Morgan fingerprint density at radius 2 is 1.67 bits per heavy atom. The molecule has 0 fully saturated rings. The molecule has 2 aromatic carbocycles. The number of anilines is 1. The normalized spacial score (nSPS) is 12.6. The number of carboxylic acid groups (broad SMARTS) is 1. The number of nitrogens with one attached hydrogen (secondary N) is 1. The number of carboxylic acids is 1. The van der Waals surface area contributed by atoms with Crippen LogP contribution in [-0.4, -0.2) is 25.5 Å². The van der Waals surface area contributed by atoms with Crippen LogP contribution in [0.2, 0.25) is 10.0 Å². The van der Waals surface area contributed by atoms with Crippen LogP contribution in [0.15, 0.2) is 47.4 Å². The number of rotatable bonds is 6. The minimum Gasteiger partial charge on any atom is -0.480 e. The molecule has 0 aromatic heterocycles. The van der Waals surface area contributed by atoms with E-state index in [4.69, 9.17) is 34.0 Å². The predicted molar refractivity (Wildman–Crippen MR) is 93.0 cm³/mol. The lowest BCUT2D eigenvalue weighted by atomic mass is 10.1. The largest absolute Gasteiger partial charge is 0.480 e. The van der Waals surface area contributed by atoms with Crippen molar-refractivity contribution in [3.8, 4) is 0 Å². The third-order valence-corrected chi connectivity index (χ3v) is 5.50. The summed E-state index contributed by atoms with van der Waals surface area (Å²) in [6.45, 7) is 0. The Bertz CT molecular complexity index is 834. The highest BCUT2D eigenvalue weighted by Crippen LogP contribution is 2.30. The highest BCUT2D eigenvalue weighted by atomic mass is 35.5. The molecule has 0 amide bonds. The van der Waals surface area contributed by atoms with Gasteiger partial charge in [0.2, 0.25) is 0 Å². The van der Waals surface area contributed by atoms with Gasteiger partial charge in [0.05, 0.1) is 10.0 Å². The van der Waals surface area contributed by atoms with Gasteiger partial charge in [-0.3, -0.25) is 9.52 Å². The van der Waals surface area contributed by atoms with Crippen molar-refractivity contribution >= 4 is 44.9 Å². The van der Waals surface area contributed by atoms with Crippen LogP contribution in [0.5, 0.6) is 0 Å². The summed E-state index contributed by atoms with van der Waals surface area (Å²) in [4.78, 5) is 10.5. The van der Waals surface area contributed by atoms with Gasteiger partial charge in [0.15, 0.2) is 0 Å². The third kappa shape index (κ3) is 4.39. The molecule has 0 aliphatic heterocycles. The maximum atomic E-state index is 12.4. The lowest BCUT2D eigenvalue weighted by molar-refractivity contribution is -0.138. The van der Waals surface area contributed by atoms with Gasteiger partial charge >= 0.3 is 5.97 Å². The van der Waals surface area contributed by atoms with Crippen LogP contribution in [0.4, 0.5) is 5.69 Å². The van der Waals surface area contributed by atoms with Crippen molar-refractivity contribution in [2.24, 2.45) is 5.73 Å². The van der Waals surface area contributed by atoms with Crippen LogP contribution >= 0.6 is 23.2 Å². The second-order valence-corrected chi connectivity index (χ2v) is 7.44. The van der Waals surface area contributed by atoms with E-state index in [-0.39, 0.29) is 21.4 Å². The van der Waals surface area contributed by atoms with Gasteiger partial charge in [-0.2, -0.15) is 0 Å². The molecule has 0 spiro atoms. The van der Waals surface area contributed by atoms with E-state index in [0.29, 0.717) is 11.3 Å². The Morgan fingerprint density at radius 3 is 2.17 bits per heavy atom. The molecule has 1 atom stereocenters. The van der Waals surface area contributed by atoms with E-state index in [1.807, 2.05) is 0 Å². The molecular weight excluding hydrogens is 375 g/mol. The fraction of sp³-hybridized carbons (Fsp3) is 0.133. The quantitative estimate of drug-likeness (QED) is 0.704. The average Bonchev–Trinajstić information content (AvgIpc) is 2.48. The van der Waals surface area contributed by atoms with Gasteiger partial charge in [-0.1, -0.05) is 41.4 Å². The van der Waals surface area contributed by atoms with Crippen LogP contribution in [0, 0.1) is 0 Å². The lowest BCUT2D eigenvalue weighted by Crippen LogP contribution is -2.32. The molecule has 0 saturated carbocycles. The summed E-state index contributed by atoms with van der Waals surface area (Å²) in [6.07, 6.45) is 0.138. The summed E-state index contributed by atoms with van der Waals surface area (Å²) in [5.41, 5.74) is 6.42. The van der Waals surface area contributed by atoms with Crippen molar-refractivity contribution in [1.29, 1.82) is 0 Å². The molecule has 0 aliphatic rings. The molecule has 9 heteroatoms. The molecule has 2 rings (SSSR count). The topological polar surface area (TPSA) is 109 Å². The molecule has 128 valence electrons. The minimum atomic E-state index is -3.96. The molecule has 0 radical (unpaired) electrons. The first-order valence-corrected chi connectivity index (χ1v) is 8.99. The van der Waals surface area contributed by atoms with E-state index in [1.165, 1.54) is 24.3 Å². The van der Waals surface area contributed by atoms with Crippen molar-refractivity contribution < 1.29 is 18.3 Å². The molecule has 0 aliphatic carbocycles. The maximum Gasteiger partial charge on any atom is 0.320 e. The molecule has 24 heavy (non-hydrogen) atoms. The zero-order valence-electron chi connectivity index (χ0n) is 12.2. The van der Waals surface area contributed by atoms with Gasteiger partial charge in [0.25, 0.3) is 10.0 Å². The van der Waals surface area contributed by atoms with Crippen LogP contribution in [0.1, 0.15) is 5.56 Å². The Kier molecular flexibility index (Phi) is 5.71. The SMILES string of the molecule is N[C@@H](Cc1ccc(NS(=O)(=O)c2c(Cl)cccc2Cl)cc1)C(=O)O. The standard InChI is InChI=1S/C15H14Cl2N2O4S/c16-11-2-1-3-12(17)14(11)24(22,23)19-10-6-4-9(5-7-10)8-13(18)15(20)21/h1-7,13,19H,8,18H2,(H,20,21)/t13-/m0/s1. The zero-order valence-corrected chi connectivity index (χ0v) is 14.6. The first-order chi connectivity index (χ1) is 11.2. The second kappa shape index (κ2) is 7.40. The number of benzene rings is 2. The number of nitrogens with two attached hydrogens (primary N) is 1. The Balaban J connectivity index is 2.20. The second-order valence-electron chi connectivity index (χ2n) is 5.00. The van der Waals surface area contributed by atoms with Crippen LogP contribution < -0.4 is 10.5 Å².